The van der Waals surface area contributed by atoms with Gasteiger partial charge in [0, 0.05) is 26.0 Å². The number of rotatable bonds is 4. The van der Waals surface area contributed by atoms with Crippen molar-refractivity contribution in [1.82, 2.24) is 19.6 Å². The molecule has 0 aliphatic heterocycles. The average Bonchev–Trinajstić information content (AvgIpc) is 2.89. The lowest BCUT2D eigenvalue weighted by atomic mass is 10.2. The van der Waals surface area contributed by atoms with Crippen LogP contribution in [0.1, 0.15) is 5.56 Å². The van der Waals surface area contributed by atoms with Crippen molar-refractivity contribution in [2.24, 2.45) is 0 Å². The number of aromatic nitrogens is 4. The molecule has 0 atom stereocenters. The average molecular weight is 272 g/mol. The molecule has 2 aromatic heterocycles. The van der Waals surface area contributed by atoms with Crippen LogP contribution in [0.2, 0.25) is 0 Å². The summed E-state index contributed by atoms with van der Waals surface area (Å²) in [6.45, 7) is 0.464. The second kappa shape index (κ2) is 5.12. The molecule has 0 aliphatic carbocycles. The van der Waals surface area contributed by atoms with Crippen molar-refractivity contribution < 1.29 is 4.39 Å². The van der Waals surface area contributed by atoms with Gasteiger partial charge in [0.05, 0.1) is 0 Å². The zero-order valence-corrected chi connectivity index (χ0v) is 10.8. The Morgan fingerprint density at radius 3 is 3.00 bits per heavy atom. The van der Waals surface area contributed by atoms with Crippen LogP contribution in [0, 0.1) is 5.82 Å². The smallest absolute Gasteiger partial charge is 0.228 e. The Labute approximate surface area is 114 Å². The Balaban J connectivity index is 1.86. The maximum absolute atomic E-state index is 13.1. The summed E-state index contributed by atoms with van der Waals surface area (Å²) in [5.41, 5.74) is 1.45. The second-order valence-corrected chi connectivity index (χ2v) is 4.23. The first-order chi connectivity index (χ1) is 9.78. The molecular formula is C13H13FN6. The van der Waals surface area contributed by atoms with Gasteiger partial charge in [0.25, 0.3) is 0 Å². The maximum atomic E-state index is 13.1. The summed E-state index contributed by atoms with van der Waals surface area (Å²) in [4.78, 5) is 4.24. The highest BCUT2D eigenvalue weighted by atomic mass is 19.1. The fourth-order valence-electron chi connectivity index (χ4n) is 1.95. The molecule has 0 spiro atoms. The summed E-state index contributed by atoms with van der Waals surface area (Å²) in [6, 6.07) is 6.42. The fourth-order valence-corrected chi connectivity index (χ4v) is 1.95. The zero-order chi connectivity index (χ0) is 13.9. The SMILES string of the molecule is CNc1nnc2c(NCc3cccc(F)c3)nccn12. The molecule has 0 saturated heterocycles. The molecule has 2 N–H and O–H groups in total. The molecule has 0 fully saturated rings. The van der Waals surface area contributed by atoms with Crippen LogP contribution in [0.3, 0.4) is 0 Å². The van der Waals surface area contributed by atoms with Gasteiger partial charge in [-0.15, -0.1) is 10.2 Å². The van der Waals surface area contributed by atoms with Gasteiger partial charge in [-0.2, -0.15) is 0 Å². The number of benzene rings is 1. The molecule has 1 aromatic carbocycles. The third-order valence-electron chi connectivity index (χ3n) is 2.90. The lowest BCUT2D eigenvalue weighted by Gasteiger charge is -2.06. The Morgan fingerprint density at radius 2 is 2.20 bits per heavy atom. The second-order valence-electron chi connectivity index (χ2n) is 4.23. The van der Waals surface area contributed by atoms with E-state index in [0.717, 1.165) is 5.56 Å². The lowest BCUT2D eigenvalue weighted by molar-refractivity contribution is 0.626. The minimum Gasteiger partial charge on any atom is -0.363 e. The summed E-state index contributed by atoms with van der Waals surface area (Å²) in [6.07, 6.45) is 3.43. The predicted octanol–water partition coefficient (Wildman–Crippen LogP) is 1.92. The predicted molar refractivity (Wildman–Crippen MR) is 74.1 cm³/mol. The van der Waals surface area contributed by atoms with Gasteiger partial charge in [0.1, 0.15) is 5.82 Å². The molecule has 0 bridgehead atoms. The van der Waals surface area contributed by atoms with Gasteiger partial charge in [-0.3, -0.25) is 4.40 Å². The van der Waals surface area contributed by atoms with E-state index in [9.17, 15) is 4.39 Å². The molecule has 0 radical (unpaired) electrons. The van der Waals surface area contributed by atoms with Gasteiger partial charge in [-0.25, -0.2) is 9.37 Å². The van der Waals surface area contributed by atoms with Crippen molar-refractivity contribution in [3.05, 3.63) is 48.0 Å². The van der Waals surface area contributed by atoms with Crippen molar-refractivity contribution >= 4 is 17.4 Å². The van der Waals surface area contributed by atoms with Gasteiger partial charge in [0.2, 0.25) is 11.6 Å². The van der Waals surface area contributed by atoms with Gasteiger partial charge in [0.15, 0.2) is 5.82 Å². The van der Waals surface area contributed by atoms with E-state index in [-0.39, 0.29) is 5.82 Å². The van der Waals surface area contributed by atoms with Gasteiger partial charge >= 0.3 is 0 Å². The monoisotopic (exact) mass is 272 g/mol. The van der Waals surface area contributed by atoms with Crippen LogP contribution in [-0.4, -0.2) is 26.6 Å². The number of nitrogens with one attached hydrogen (secondary N) is 2. The Kier molecular flexibility index (Phi) is 3.16. The van der Waals surface area contributed by atoms with E-state index in [4.69, 9.17) is 0 Å². The van der Waals surface area contributed by atoms with Crippen LogP contribution in [0.25, 0.3) is 5.65 Å². The topological polar surface area (TPSA) is 67.1 Å². The summed E-state index contributed by atoms with van der Waals surface area (Å²) in [5.74, 6) is 0.984. The molecule has 20 heavy (non-hydrogen) atoms. The number of fused-ring (bicyclic) bond motifs is 1. The Bertz CT molecular complexity index is 739. The molecule has 3 aromatic rings. The largest absolute Gasteiger partial charge is 0.363 e. The molecule has 0 amide bonds. The number of nitrogens with zero attached hydrogens (tertiary/aromatic N) is 4. The molecule has 6 nitrogen and oxygen atoms in total. The number of halogens is 1. The number of anilines is 2. The minimum atomic E-state index is -0.254. The summed E-state index contributed by atoms with van der Waals surface area (Å²) in [7, 11) is 1.77. The van der Waals surface area contributed by atoms with Crippen molar-refractivity contribution in [3.8, 4) is 0 Å². The van der Waals surface area contributed by atoms with Crippen LogP contribution in [0.4, 0.5) is 16.2 Å². The van der Waals surface area contributed by atoms with Crippen LogP contribution >= 0.6 is 0 Å². The van der Waals surface area contributed by atoms with Crippen LogP contribution in [-0.2, 0) is 6.54 Å². The number of hydrogen-bond donors (Lipinski definition) is 2. The van der Waals surface area contributed by atoms with E-state index in [1.165, 1.54) is 12.1 Å². The normalized spacial score (nSPS) is 10.7. The van der Waals surface area contributed by atoms with Crippen molar-refractivity contribution in [2.75, 3.05) is 17.7 Å². The van der Waals surface area contributed by atoms with Crippen molar-refractivity contribution in [2.45, 2.75) is 6.54 Å². The molecule has 102 valence electrons. The van der Waals surface area contributed by atoms with Crippen molar-refractivity contribution in [3.63, 3.8) is 0 Å². The first-order valence-corrected chi connectivity index (χ1v) is 6.14. The first-order valence-electron chi connectivity index (χ1n) is 6.14. The van der Waals surface area contributed by atoms with Gasteiger partial charge < -0.3 is 10.6 Å². The highest BCUT2D eigenvalue weighted by Crippen LogP contribution is 2.15. The molecule has 0 aliphatic rings. The third kappa shape index (κ3) is 2.25. The van der Waals surface area contributed by atoms with E-state index >= 15 is 0 Å². The molecular weight excluding hydrogens is 259 g/mol. The van der Waals surface area contributed by atoms with E-state index in [2.05, 4.69) is 25.8 Å². The van der Waals surface area contributed by atoms with Crippen LogP contribution < -0.4 is 10.6 Å². The van der Waals surface area contributed by atoms with Gasteiger partial charge in [-0.05, 0) is 17.7 Å². The summed E-state index contributed by atoms with van der Waals surface area (Å²) < 4.78 is 14.9. The van der Waals surface area contributed by atoms with E-state index < -0.39 is 0 Å². The molecule has 7 heteroatoms. The highest BCUT2D eigenvalue weighted by Gasteiger charge is 2.08. The Hall–Kier alpha value is -2.70. The first kappa shape index (κ1) is 12.3. The standard InChI is InChI=1S/C13H13FN6/c1-15-13-19-18-12-11(16-5-6-20(12)13)17-8-9-3-2-4-10(14)7-9/h2-7H,8H2,1H3,(H,15,19)(H,16,17). The molecule has 0 unspecified atom stereocenters. The minimum absolute atomic E-state index is 0.254. The van der Waals surface area contributed by atoms with E-state index in [1.54, 1.807) is 29.9 Å². The summed E-state index contributed by atoms with van der Waals surface area (Å²) in [5, 5.41) is 14.2. The lowest BCUT2D eigenvalue weighted by Crippen LogP contribution is -2.04. The van der Waals surface area contributed by atoms with Gasteiger partial charge in [-0.1, -0.05) is 12.1 Å². The summed E-state index contributed by atoms with van der Waals surface area (Å²) >= 11 is 0. The van der Waals surface area contributed by atoms with E-state index in [0.29, 0.717) is 24.0 Å². The highest BCUT2D eigenvalue weighted by molar-refractivity contribution is 5.64. The van der Waals surface area contributed by atoms with Crippen LogP contribution in [0.5, 0.6) is 0 Å². The van der Waals surface area contributed by atoms with E-state index in [1.807, 2.05) is 6.07 Å². The fraction of sp³-hybridized carbons (Fsp3) is 0.154. The molecule has 2 heterocycles. The van der Waals surface area contributed by atoms with Crippen molar-refractivity contribution in [1.29, 1.82) is 0 Å². The van der Waals surface area contributed by atoms with Crippen LogP contribution in [0.15, 0.2) is 36.7 Å². The zero-order valence-electron chi connectivity index (χ0n) is 10.8. The Morgan fingerprint density at radius 1 is 1.30 bits per heavy atom. The third-order valence-corrected chi connectivity index (χ3v) is 2.90. The number of hydrogen-bond acceptors (Lipinski definition) is 5. The molecule has 3 rings (SSSR count). The quantitative estimate of drug-likeness (QED) is 0.759. The maximum Gasteiger partial charge on any atom is 0.228 e. The molecule has 0 saturated carbocycles.